The maximum absolute atomic E-state index is 12.0. The number of carbonyl (C=O) groups excluding carboxylic acids is 1. The van der Waals surface area contributed by atoms with E-state index in [9.17, 15) is 9.59 Å². The van der Waals surface area contributed by atoms with Crippen molar-refractivity contribution in [2.75, 3.05) is 6.54 Å². The molecule has 0 spiro atoms. The Kier molecular flexibility index (Phi) is 4.05. The maximum Gasteiger partial charge on any atom is 0.258 e. The number of fused-ring (bicyclic) bond motifs is 1. The molecule has 2 heterocycles. The zero-order chi connectivity index (χ0) is 14.8. The van der Waals surface area contributed by atoms with Gasteiger partial charge in [0.05, 0.1) is 0 Å². The van der Waals surface area contributed by atoms with Crippen molar-refractivity contribution in [3.63, 3.8) is 0 Å². The number of aryl methyl sites for hydroxylation is 1. The van der Waals surface area contributed by atoms with E-state index in [1.165, 1.54) is 11.3 Å². The molecule has 0 aromatic carbocycles. The Bertz CT molecular complexity index is 713. The molecule has 5 nitrogen and oxygen atoms in total. The van der Waals surface area contributed by atoms with Crippen LogP contribution in [0.25, 0.3) is 4.96 Å². The normalized spacial score (nSPS) is 15.7. The summed E-state index contributed by atoms with van der Waals surface area (Å²) in [5, 5.41) is 4.94. The van der Waals surface area contributed by atoms with E-state index in [-0.39, 0.29) is 17.4 Å². The lowest BCUT2D eigenvalue weighted by Gasteiger charge is -2.10. The highest BCUT2D eigenvalue weighted by atomic mass is 32.1. The second-order valence-electron chi connectivity index (χ2n) is 5.60. The molecule has 2 aromatic rings. The highest BCUT2D eigenvalue weighted by Gasteiger charge is 2.22. The van der Waals surface area contributed by atoms with Gasteiger partial charge >= 0.3 is 0 Å². The average molecular weight is 305 g/mol. The number of aromatic nitrogens is 2. The molecular formula is C15H19N3O2S. The van der Waals surface area contributed by atoms with Gasteiger partial charge < -0.3 is 5.32 Å². The van der Waals surface area contributed by atoms with Crippen molar-refractivity contribution in [3.05, 3.63) is 33.2 Å². The SMILES string of the molecule is Cc1cc(=O)n2c(CCNC(=O)C3CCCC3)csc2n1. The Hall–Kier alpha value is -1.69. The molecule has 1 aliphatic carbocycles. The van der Waals surface area contributed by atoms with Crippen LogP contribution in [0.2, 0.25) is 0 Å². The summed E-state index contributed by atoms with van der Waals surface area (Å²) in [5.74, 6) is 0.351. The van der Waals surface area contributed by atoms with Crippen molar-refractivity contribution in [2.24, 2.45) is 5.92 Å². The molecule has 1 aliphatic rings. The number of nitrogens with zero attached hydrogens (tertiary/aromatic N) is 2. The quantitative estimate of drug-likeness (QED) is 0.938. The molecule has 1 saturated carbocycles. The van der Waals surface area contributed by atoms with Gasteiger partial charge in [-0.15, -0.1) is 11.3 Å². The predicted molar refractivity (Wildman–Crippen MR) is 82.7 cm³/mol. The number of amides is 1. The van der Waals surface area contributed by atoms with Crippen LogP contribution in [0.15, 0.2) is 16.2 Å². The summed E-state index contributed by atoms with van der Waals surface area (Å²) < 4.78 is 1.64. The smallest absolute Gasteiger partial charge is 0.258 e. The molecule has 1 fully saturated rings. The van der Waals surface area contributed by atoms with Gasteiger partial charge in [0.15, 0.2) is 4.96 Å². The van der Waals surface area contributed by atoms with E-state index < -0.39 is 0 Å². The summed E-state index contributed by atoms with van der Waals surface area (Å²) in [7, 11) is 0. The first-order valence-electron chi connectivity index (χ1n) is 7.39. The first-order chi connectivity index (χ1) is 10.1. The van der Waals surface area contributed by atoms with E-state index in [4.69, 9.17) is 0 Å². The van der Waals surface area contributed by atoms with Crippen molar-refractivity contribution in [1.82, 2.24) is 14.7 Å². The number of thiazole rings is 1. The third-order valence-electron chi connectivity index (χ3n) is 4.01. The molecule has 21 heavy (non-hydrogen) atoms. The lowest BCUT2D eigenvalue weighted by molar-refractivity contribution is -0.124. The van der Waals surface area contributed by atoms with Crippen LogP contribution < -0.4 is 10.9 Å². The first kappa shape index (κ1) is 14.3. The van der Waals surface area contributed by atoms with Crippen LogP contribution in [0.3, 0.4) is 0 Å². The minimum absolute atomic E-state index is 0.0455. The Balaban J connectivity index is 1.66. The summed E-state index contributed by atoms with van der Waals surface area (Å²) in [6, 6.07) is 1.54. The fourth-order valence-corrected chi connectivity index (χ4v) is 3.88. The van der Waals surface area contributed by atoms with Gasteiger partial charge in [-0.25, -0.2) is 4.98 Å². The van der Waals surface area contributed by atoms with Gasteiger partial charge in [0, 0.05) is 41.7 Å². The zero-order valence-electron chi connectivity index (χ0n) is 12.1. The van der Waals surface area contributed by atoms with E-state index in [0.717, 1.165) is 42.0 Å². The molecule has 1 amide bonds. The maximum atomic E-state index is 12.0. The lowest BCUT2D eigenvalue weighted by Crippen LogP contribution is -2.31. The van der Waals surface area contributed by atoms with Crippen molar-refractivity contribution in [1.29, 1.82) is 0 Å². The summed E-state index contributed by atoms with van der Waals surface area (Å²) >= 11 is 1.47. The molecule has 112 valence electrons. The topological polar surface area (TPSA) is 63.5 Å². The van der Waals surface area contributed by atoms with E-state index in [0.29, 0.717) is 13.0 Å². The average Bonchev–Trinajstić information content (AvgIpc) is 3.07. The fourth-order valence-electron chi connectivity index (χ4n) is 2.90. The highest BCUT2D eigenvalue weighted by molar-refractivity contribution is 7.15. The second kappa shape index (κ2) is 5.97. The third-order valence-corrected chi connectivity index (χ3v) is 4.88. The van der Waals surface area contributed by atoms with Crippen molar-refractivity contribution >= 4 is 22.2 Å². The third kappa shape index (κ3) is 3.00. The van der Waals surface area contributed by atoms with Gasteiger partial charge in [-0.05, 0) is 19.8 Å². The molecule has 0 aliphatic heterocycles. The molecule has 1 N–H and O–H groups in total. The van der Waals surface area contributed by atoms with E-state index >= 15 is 0 Å². The lowest BCUT2D eigenvalue weighted by atomic mass is 10.1. The van der Waals surface area contributed by atoms with Gasteiger partial charge in [-0.3, -0.25) is 14.0 Å². The summed E-state index contributed by atoms with van der Waals surface area (Å²) in [4.78, 5) is 29.1. The standard InChI is InChI=1S/C15H19N3O2S/c1-10-8-13(19)18-12(9-21-15(18)17-10)6-7-16-14(20)11-4-2-3-5-11/h8-9,11H,2-7H2,1H3,(H,16,20). The van der Waals surface area contributed by atoms with Crippen molar-refractivity contribution < 1.29 is 4.79 Å². The minimum atomic E-state index is -0.0455. The largest absolute Gasteiger partial charge is 0.355 e. The summed E-state index contributed by atoms with van der Waals surface area (Å²) in [6.45, 7) is 2.39. The molecule has 0 saturated heterocycles. The van der Waals surface area contributed by atoms with Crippen LogP contribution in [0, 0.1) is 12.8 Å². The number of carbonyl (C=O) groups is 1. The van der Waals surface area contributed by atoms with E-state index in [1.807, 2.05) is 12.3 Å². The molecule has 0 bridgehead atoms. The highest BCUT2D eigenvalue weighted by Crippen LogP contribution is 2.24. The molecule has 0 unspecified atom stereocenters. The molecule has 0 atom stereocenters. The Morgan fingerprint density at radius 3 is 3.00 bits per heavy atom. The Morgan fingerprint density at radius 2 is 2.24 bits per heavy atom. The summed E-state index contributed by atoms with van der Waals surface area (Å²) in [6.07, 6.45) is 5.00. The molecule has 6 heteroatoms. The van der Waals surface area contributed by atoms with Crippen LogP contribution in [-0.2, 0) is 11.2 Å². The first-order valence-corrected chi connectivity index (χ1v) is 8.27. The number of rotatable bonds is 4. The molecule has 3 rings (SSSR count). The Morgan fingerprint density at radius 1 is 1.48 bits per heavy atom. The van der Waals surface area contributed by atoms with Crippen LogP contribution in [0.4, 0.5) is 0 Å². The van der Waals surface area contributed by atoms with E-state index in [1.54, 1.807) is 10.5 Å². The Labute approximate surface area is 127 Å². The molecule has 2 aromatic heterocycles. The monoisotopic (exact) mass is 305 g/mol. The minimum Gasteiger partial charge on any atom is -0.355 e. The van der Waals surface area contributed by atoms with Gasteiger partial charge in [0.2, 0.25) is 5.91 Å². The van der Waals surface area contributed by atoms with Crippen LogP contribution >= 0.6 is 11.3 Å². The van der Waals surface area contributed by atoms with Crippen LogP contribution in [-0.4, -0.2) is 21.8 Å². The number of nitrogens with one attached hydrogen (secondary N) is 1. The van der Waals surface area contributed by atoms with Gasteiger partial charge in [0.1, 0.15) is 0 Å². The van der Waals surface area contributed by atoms with Gasteiger partial charge in [-0.2, -0.15) is 0 Å². The fraction of sp³-hybridized carbons (Fsp3) is 0.533. The van der Waals surface area contributed by atoms with Crippen molar-refractivity contribution in [3.8, 4) is 0 Å². The van der Waals surface area contributed by atoms with Crippen molar-refractivity contribution in [2.45, 2.75) is 39.0 Å². The molecule has 0 radical (unpaired) electrons. The van der Waals surface area contributed by atoms with Gasteiger partial charge in [-0.1, -0.05) is 12.8 Å². The predicted octanol–water partition coefficient (Wildman–Crippen LogP) is 1.91. The van der Waals surface area contributed by atoms with Gasteiger partial charge in [0.25, 0.3) is 5.56 Å². The molecular weight excluding hydrogens is 286 g/mol. The zero-order valence-corrected chi connectivity index (χ0v) is 12.9. The summed E-state index contributed by atoms with van der Waals surface area (Å²) in [5.41, 5.74) is 1.61. The van der Waals surface area contributed by atoms with Crippen LogP contribution in [0.1, 0.15) is 37.1 Å². The van der Waals surface area contributed by atoms with E-state index in [2.05, 4.69) is 10.3 Å². The number of hydrogen-bond donors (Lipinski definition) is 1. The van der Waals surface area contributed by atoms with Crippen LogP contribution in [0.5, 0.6) is 0 Å². The number of hydrogen-bond acceptors (Lipinski definition) is 4. The second-order valence-corrected chi connectivity index (χ2v) is 6.44.